The van der Waals surface area contributed by atoms with E-state index in [-0.39, 0.29) is 5.82 Å². The van der Waals surface area contributed by atoms with E-state index in [9.17, 15) is 4.39 Å². The van der Waals surface area contributed by atoms with Gasteiger partial charge in [-0.1, -0.05) is 6.07 Å². The summed E-state index contributed by atoms with van der Waals surface area (Å²) in [5, 5.41) is 7.30. The van der Waals surface area contributed by atoms with Crippen molar-refractivity contribution < 1.29 is 4.39 Å². The predicted molar refractivity (Wildman–Crippen MR) is 66.1 cm³/mol. The minimum atomic E-state index is -0.218. The fourth-order valence-corrected chi connectivity index (χ4v) is 1.84. The Morgan fingerprint density at radius 1 is 1.41 bits per heavy atom. The number of nitrogens with one attached hydrogen (secondary N) is 1. The Morgan fingerprint density at radius 3 is 2.88 bits per heavy atom. The number of hydrogen-bond acceptors (Lipinski definition) is 2. The minimum absolute atomic E-state index is 0.218. The van der Waals surface area contributed by atoms with Gasteiger partial charge in [-0.05, 0) is 37.2 Å². The van der Waals surface area contributed by atoms with Gasteiger partial charge in [0, 0.05) is 24.8 Å². The average Bonchev–Trinajstić information content (AvgIpc) is 2.80. The first-order valence-electron chi connectivity index (χ1n) is 5.70. The Labute approximate surface area is 100 Å². The van der Waals surface area contributed by atoms with Crippen molar-refractivity contribution in [1.29, 1.82) is 0 Å². The number of hydrogen-bond donors (Lipinski definition) is 1. The molecule has 2 aromatic rings. The molecule has 0 radical (unpaired) electrons. The lowest BCUT2D eigenvalue weighted by Gasteiger charge is -2.07. The zero-order valence-electron chi connectivity index (χ0n) is 10.1. The lowest BCUT2D eigenvalue weighted by Crippen LogP contribution is -2.06. The van der Waals surface area contributed by atoms with E-state index < -0.39 is 0 Å². The van der Waals surface area contributed by atoms with E-state index in [4.69, 9.17) is 0 Å². The summed E-state index contributed by atoms with van der Waals surface area (Å²) in [6.45, 7) is 3.56. The second kappa shape index (κ2) is 5.10. The number of halogens is 1. The van der Waals surface area contributed by atoms with Crippen LogP contribution in [0.5, 0.6) is 0 Å². The van der Waals surface area contributed by atoms with E-state index in [2.05, 4.69) is 10.4 Å². The molecule has 0 saturated heterocycles. The van der Waals surface area contributed by atoms with Crippen LogP contribution < -0.4 is 5.32 Å². The molecule has 4 heteroatoms. The molecule has 17 heavy (non-hydrogen) atoms. The van der Waals surface area contributed by atoms with Gasteiger partial charge in [0.2, 0.25) is 0 Å². The van der Waals surface area contributed by atoms with Crippen LogP contribution in [-0.4, -0.2) is 16.8 Å². The summed E-state index contributed by atoms with van der Waals surface area (Å²) < 4.78 is 15.2. The van der Waals surface area contributed by atoms with Crippen molar-refractivity contribution in [3.05, 3.63) is 42.0 Å². The molecule has 0 amide bonds. The summed E-state index contributed by atoms with van der Waals surface area (Å²) in [6, 6.07) is 4.86. The summed E-state index contributed by atoms with van der Waals surface area (Å²) in [5.41, 5.74) is 2.93. The highest BCUT2D eigenvalue weighted by atomic mass is 19.1. The SMILES string of the molecule is CCn1cc(-c2cc(F)ccc2CNC)cn1. The minimum Gasteiger partial charge on any atom is -0.316 e. The molecule has 2 rings (SSSR count). The van der Waals surface area contributed by atoms with Crippen LogP contribution >= 0.6 is 0 Å². The third-order valence-corrected chi connectivity index (χ3v) is 2.71. The molecule has 0 unspecified atom stereocenters. The van der Waals surface area contributed by atoms with Gasteiger partial charge in [-0.15, -0.1) is 0 Å². The Bertz CT molecular complexity index is 505. The van der Waals surface area contributed by atoms with Gasteiger partial charge in [-0.25, -0.2) is 4.39 Å². The molecule has 0 spiro atoms. The molecular formula is C13H16FN3. The summed E-state index contributed by atoms with van der Waals surface area (Å²) in [5.74, 6) is -0.218. The highest BCUT2D eigenvalue weighted by Gasteiger charge is 2.08. The van der Waals surface area contributed by atoms with E-state index in [1.807, 2.05) is 30.9 Å². The van der Waals surface area contributed by atoms with Crippen LogP contribution in [0, 0.1) is 5.82 Å². The predicted octanol–water partition coefficient (Wildman–Crippen LogP) is 2.43. The van der Waals surface area contributed by atoms with Gasteiger partial charge in [0.25, 0.3) is 0 Å². The summed E-state index contributed by atoms with van der Waals surface area (Å²) in [7, 11) is 1.88. The van der Waals surface area contributed by atoms with Crippen LogP contribution in [0.4, 0.5) is 4.39 Å². The maximum atomic E-state index is 13.3. The number of benzene rings is 1. The Hall–Kier alpha value is -1.68. The standard InChI is InChI=1S/C13H16FN3/c1-3-17-9-11(8-16-17)13-6-12(14)5-4-10(13)7-15-2/h4-6,8-9,15H,3,7H2,1-2H3. The highest BCUT2D eigenvalue weighted by Crippen LogP contribution is 2.24. The molecule has 0 saturated carbocycles. The van der Waals surface area contributed by atoms with Crippen LogP contribution in [0.1, 0.15) is 12.5 Å². The highest BCUT2D eigenvalue weighted by molar-refractivity contribution is 5.66. The van der Waals surface area contributed by atoms with Gasteiger partial charge in [-0.2, -0.15) is 5.10 Å². The lowest BCUT2D eigenvalue weighted by atomic mass is 10.0. The quantitative estimate of drug-likeness (QED) is 0.879. The van der Waals surface area contributed by atoms with E-state index in [1.54, 1.807) is 12.3 Å². The molecular weight excluding hydrogens is 217 g/mol. The van der Waals surface area contributed by atoms with Crippen molar-refractivity contribution in [2.45, 2.75) is 20.0 Å². The monoisotopic (exact) mass is 233 g/mol. The van der Waals surface area contributed by atoms with Gasteiger partial charge in [0.1, 0.15) is 5.82 Å². The number of aromatic nitrogens is 2. The summed E-state index contributed by atoms with van der Waals surface area (Å²) >= 11 is 0. The maximum absolute atomic E-state index is 13.3. The van der Waals surface area contributed by atoms with Crippen LogP contribution in [0.25, 0.3) is 11.1 Å². The maximum Gasteiger partial charge on any atom is 0.123 e. The number of aryl methyl sites for hydroxylation is 1. The largest absolute Gasteiger partial charge is 0.316 e. The van der Waals surface area contributed by atoms with Crippen molar-refractivity contribution in [2.24, 2.45) is 0 Å². The van der Waals surface area contributed by atoms with Crippen LogP contribution in [0.2, 0.25) is 0 Å². The molecule has 1 aromatic heterocycles. The molecule has 0 aliphatic carbocycles. The first kappa shape index (κ1) is 11.8. The molecule has 3 nitrogen and oxygen atoms in total. The van der Waals surface area contributed by atoms with E-state index in [1.165, 1.54) is 6.07 Å². The van der Waals surface area contributed by atoms with E-state index in [0.717, 1.165) is 23.2 Å². The third-order valence-electron chi connectivity index (χ3n) is 2.71. The van der Waals surface area contributed by atoms with Crippen molar-refractivity contribution in [1.82, 2.24) is 15.1 Å². The zero-order chi connectivity index (χ0) is 12.3. The van der Waals surface area contributed by atoms with Gasteiger partial charge < -0.3 is 5.32 Å². The first-order valence-corrected chi connectivity index (χ1v) is 5.70. The van der Waals surface area contributed by atoms with Crippen molar-refractivity contribution >= 4 is 0 Å². The zero-order valence-corrected chi connectivity index (χ0v) is 10.1. The van der Waals surface area contributed by atoms with Crippen LogP contribution in [0.3, 0.4) is 0 Å². The van der Waals surface area contributed by atoms with Gasteiger partial charge in [0.15, 0.2) is 0 Å². The van der Waals surface area contributed by atoms with Crippen molar-refractivity contribution in [2.75, 3.05) is 7.05 Å². The lowest BCUT2D eigenvalue weighted by molar-refractivity contribution is 0.627. The normalized spacial score (nSPS) is 10.8. The third kappa shape index (κ3) is 2.53. The summed E-state index contributed by atoms with van der Waals surface area (Å²) in [6.07, 6.45) is 3.71. The average molecular weight is 233 g/mol. The Morgan fingerprint density at radius 2 is 2.24 bits per heavy atom. The molecule has 1 N–H and O–H groups in total. The topological polar surface area (TPSA) is 29.9 Å². The second-order valence-corrected chi connectivity index (χ2v) is 3.92. The van der Waals surface area contributed by atoms with E-state index >= 15 is 0 Å². The van der Waals surface area contributed by atoms with Gasteiger partial charge >= 0.3 is 0 Å². The summed E-state index contributed by atoms with van der Waals surface area (Å²) in [4.78, 5) is 0. The first-order chi connectivity index (χ1) is 8.24. The molecule has 0 fully saturated rings. The molecule has 0 atom stereocenters. The van der Waals surface area contributed by atoms with Crippen molar-refractivity contribution in [3.8, 4) is 11.1 Å². The second-order valence-electron chi connectivity index (χ2n) is 3.92. The molecule has 1 heterocycles. The van der Waals surface area contributed by atoms with Crippen LogP contribution in [-0.2, 0) is 13.1 Å². The van der Waals surface area contributed by atoms with Crippen molar-refractivity contribution in [3.63, 3.8) is 0 Å². The molecule has 0 aliphatic heterocycles. The van der Waals surface area contributed by atoms with E-state index in [0.29, 0.717) is 6.54 Å². The molecule has 0 aliphatic rings. The Balaban J connectivity index is 2.44. The van der Waals surface area contributed by atoms with Gasteiger partial charge in [0.05, 0.1) is 6.20 Å². The fraction of sp³-hybridized carbons (Fsp3) is 0.308. The molecule has 0 bridgehead atoms. The van der Waals surface area contributed by atoms with Crippen LogP contribution in [0.15, 0.2) is 30.6 Å². The molecule has 1 aromatic carbocycles. The number of nitrogens with zero attached hydrogens (tertiary/aromatic N) is 2. The fourth-order valence-electron chi connectivity index (χ4n) is 1.84. The van der Waals surface area contributed by atoms with Gasteiger partial charge in [-0.3, -0.25) is 4.68 Å². The smallest absolute Gasteiger partial charge is 0.123 e. The number of rotatable bonds is 4. The Kier molecular flexibility index (Phi) is 3.54. The molecule has 90 valence electrons.